The molecule has 0 saturated heterocycles. The lowest BCUT2D eigenvalue weighted by Crippen LogP contribution is -2.20. The normalized spacial score (nSPS) is 14.9. The van der Waals surface area contributed by atoms with Gasteiger partial charge in [-0.05, 0) is 12.3 Å². The van der Waals surface area contributed by atoms with Gasteiger partial charge in [0.1, 0.15) is 0 Å². The van der Waals surface area contributed by atoms with Gasteiger partial charge in [-0.25, -0.2) is 0 Å². The molecule has 0 aliphatic rings. The summed E-state index contributed by atoms with van der Waals surface area (Å²) in [7, 11) is 0. The molecule has 0 aliphatic heterocycles. The maximum Gasteiger partial charge on any atom is 0.306 e. The third kappa shape index (κ3) is 4.50. The van der Waals surface area contributed by atoms with E-state index in [-0.39, 0.29) is 12.3 Å². The molecule has 0 heterocycles. The monoisotopic (exact) mass is 188 g/mol. The van der Waals surface area contributed by atoms with E-state index >= 15 is 0 Å². The Balaban J connectivity index is 4.02. The molecule has 0 radical (unpaired) electrons. The Morgan fingerprint density at radius 3 is 2.15 bits per heavy atom. The van der Waals surface area contributed by atoms with Crippen molar-refractivity contribution < 1.29 is 19.8 Å². The molecule has 0 aliphatic carbocycles. The summed E-state index contributed by atoms with van der Waals surface area (Å²) in [4.78, 5) is 20.9. The fraction of sp³-hybridized carbons (Fsp3) is 0.778. The Morgan fingerprint density at radius 2 is 1.85 bits per heavy atom. The van der Waals surface area contributed by atoms with Crippen LogP contribution in [0, 0.1) is 11.8 Å². The Morgan fingerprint density at radius 1 is 1.31 bits per heavy atom. The molecule has 2 N–H and O–H groups in total. The molecule has 2 unspecified atom stereocenters. The number of carbonyl (C=O) groups is 2. The SMILES string of the molecule is CCC(CCC(=O)O)C(C)C(=O)O. The average molecular weight is 188 g/mol. The topological polar surface area (TPSA) is 74.6 Å². The molecular formula is C9H16O4. The molecule has 76 valence electrons. The summed E-state index contributed by atoms with van der Waals surface area (Å²) in [6.45, 7) is 3.50. The van der Waals surface area contributed by atoms with Crippen LogP contribution in [0.4, 0.5) is 0 Å². The van der Waals surface area contributed by atoms with Crippen molar-refractivity contribution in [2.75, 3.05) is 0 Å². The van der Waals surface area contributed by atoms with E-state index in [1.807, 2.05) is 6.92 Å². The summed E-state index contributed by atoms with van der Waals surface area (Å²) in [5.41, 5.74) is 0. The summed E-state index contributed by atoms with van der Waals surface area (Å²) in [6.07, 6.45) is 1.20. The van der Waals surface area contributed by atoms with Gasteiger partial charge in [0.25, 0.3) is 0 Å². The molecule has 0 aromatic rings. The lowest BCUT2D eigenvalue weighted by Gasteiger charge is -2.17. The predicted octanol–water partition coefficient (Wildman–Crippen LogP) is 1.60. The van der Waals surface area contributed by atoms with Crippen LogP contribution in [0.1, 0.15) is 33.1 Å². The van der Waals surface area contributed by atoms with E-state index in [0.717, 1.165) is 0 Å². The third-order valence-electron chi connectivity index (χ3n) is 2.35. The molecule has 0 fully saturated rings. The largest absolute Gasteiger partial charge is 0.481 e. The van der Waals surface area contributed by atoms with E-state index in [1.54, 1.807) is 6.92 Å². The second kappa shape index (κ2) is 5.56. The van der Waals surface area contributed by atoms with Crippen molar-refractivity contribution in [1.29, 1.82) is 0 Å². The van der Waals surface area contributed by atoms with Crippen LogP contribution >= 0.6 is 0 Å². The first-order valence-electron chi connectivity index (χ1n) is 4.43. The summed E-state index contributed by atoms with van der Waals surface area (Å²) in [5, 5.41) is 17.1. The maximum atomic E-state index is 10.6. The van der Waals surface area contributed by atoms with Crippen molar-refractivity contribution in [1.82, 2.24) is 0 Å². The van der Waals surface area contributed by atoms with Gasteiger partial charge in [0, 0.05) is 6.42 Å². The van der Waals surface area contributed by atoms with E-state index < -0.39 is 17.9 Å². The first kappa shape index (κ1) is 11.9. The highest BCUT2D eigenvalue weighted by molar-refractivity contribution is 5.70. The zero-order chi connectivity index (χ0) is 10.4. The highest BCUT2D eigenvalue weighted by Crippen LogP contribution is 2.21. The fourth-order valence-electron chi connectivity index (χ4n) is 1.32. The summed E-state index contributed by atoms with van der Waals surface area (Å²) in [5.74, 6) is -2.20. The van der Waals surface area contributed by atoms with Crippen molar-refractivity contribution in [2.45, 2.75) is 33.1 Å². The molecule has 0 aromatic carbocycles. The van der Waals surface area contributed by atoms with Gasteiger partial charge < -0.3 is 10.2 Å². The summed E-state index contributed by atoms with van der Waals surface area (Å²) < 4.78 is 0. The van der Waals surface area contributed by atoms with Gasteiger partial charge in [0.15, 0.2) is 0 Å². The van der Waals surface area contributed by atoms with Gasteiger partial charge in [-0.3, -0.25) is 9.59 Å². The lowest BCUT2D eigenvalue weighted by atomic mass is 9.88. The molecule has 13 heavy (non-hydrogen) atoms. The molecule has 0 bridgehead atoms. The Kier molecular flexibility index (Phi) is 5.11. The van der Waals surface area contributed by atoms with Gasteiger partial charge in [0.2, 0.25) is 0 Å². The first-order chi connectivity index (χ1) is 5.99. The molecule has 2 atom stereocenters. The van der Waals surface area contributed by atoms with Crippen molar-refractivity contribution in [2.24, 2.45) is 11.8 Å². The molecule has 4 heteroatoms. The van der Waals surface area contributed by atoms with Crippen LogP contribution in [-0.2, 0) is 9.59 Å². The number of carboxylic acid groups (broad SMARTS) is 2. The molecule has 0 rings (SSSR count). The minimum Gasteiger partial charge on any atom is -0.481 e. The number of hydrogen-bond acceptors (Lipinski definition) is 2. The quantitative estimate of drug-likeness (QED) is 0.663. The van der Waals surface area contributed by atoms with Crippen LogP contribution in [0.3, 0.4) is 0 Å². The van der Waals surface area contributed by atoms with E-state index in [9.17, 15) is 9.59 Å². The first-order valence-corrected chi connectivity index (χ1v) is 4.43. The Hall–Kier alpha value is -1.06. The van der Waals surface area contributed by atoms with E-state index in [0.29, 0.717) is 12.8 Å². The van der Waals surface area contributed by atoms with Crippen molar-refractivity contribution in [3.05, 3.63) is 0 Å². The summed E-state index contributed by atoms with van der Waals surface area (Å²) in [6, 6.07) is 0. The van der Waals surface area contributed by atoms with Crippen LogP contribution in [0.15, 0.2) is 0 Å². The van der Waals surface area contributed by atoms with E-state index in [4.69, 9.17) is 10.2 Å². The van der Waals surface area contributed by atoms with Crippen LogP contribution in [0.5, 0.6) is 0 Å². The average Bonchev–Trinajstić information content (AvgIpc) is 2.04. The number of aliphatic carboxylic acids is 2. The molecule has 0 amide bonds. The van der Waals surface area contributed by atoms with Crippen molar-refractivity contribution in [3.8, 4) is 0 Å². The lowest BCUT2D eigenvalue weighted by molar-refractivity contribution is -0.144. The van der Waals surface area contributed by atoms with Gasteiger partial charge in [-0.15, -0.1) is 0 Å². The van der Waals surface area contributed by atoms with Gasteiger partial charge in [-0.2, -0.15) is 0 Å². The Labute approximate surface area is 77.6 Å². The second-order valence-electron chi connectivity index (χ2n) is 3.23. The van der Waals surface area contributed by atoms with Crippen LogP contribution < -0.4 is 0 Å². The van der Waals surface area contributed by atoms with Gasteiger partial charge in [-0.1, -0.05) is 20.3 Å². The van der Waals surface area contributed by atoms with Crippen LogP contribution in [-0.4, -0.2) is 22.2 Å². The smallest absolute Gasteiger partial charge is 0.306 e. The third-order valence-corrected chi connectivity index (χ3v) is 2.35. The number of rotatable bonds is 6. The van der Waals surface area contributed by atoms with Crippen molar-refractivity contribution in [3.63, 3.8) is 0 Å². The highest BCUT2D eigenvalue weighted by atomic mass is 16.4. The minimum atomic E-state index is -0.865. The van der Waals surface area contributed by atoms with E-state index in [1.165, 1.54) is 0 Å². The fourth-order valence-corrected chi connectivity index (χ4v) is 1.32. The Bertz CT molecular complexity index is 188. The highest BCUT2D eigenvalue weighted by Gasteiger charge is 2.22. The predicted molar refractivity (Wildman–Crippen MR) is 47.5 cm³/mol. The molecule has 0 aromatic heterocycles. The van der Waals surface area contributed by atoms with Crippen molar-refractivity contribution >= 4 is 11.9 Å². The van der Waals surface area contributed by atoms with Crippen LogP contribution in [0.2, 0.25) is 0 Å². The van der Waals surface area contributed by atoms with Gasteiger partial charge in [0.05, 0.1) is 5.92 Å². The molecule has 4 nitrogen and oxygen atoms in total. The molecule has 0 spiro atoms. The minimum absolute atomic E-state index is 0.0337. The van der Waals surface area contributed by atoms with Crippen LogP contribution in [0.25, 0.3) is 0 Å². The maximum absolute atomic E-state index is 10.6. The second-order valence-corrected chi connectivity index (χ2v) is 3.23. The van der Waals surface area contributed by atoms with Gasteiger partial charge >= 0.3 is 11.9 Å². The number of carboxylic acids is 2. The zero-order valence-electron chi connectivity index (χ0n) is 7.99. The number of hydrogen-bond donors (Lipinski definition) is 2. The van der Waals surface area contributed by atoms with E-state index in [2.05, 4.69) is 0 Å². The molecule has 0 saturated carbocycles. The summed E-state index contributed by atoms with van der Waals surface area (Å²) >= 11 is 0. The molecular weight excluding hydrogens is 172 g/mol. The standard InChI is InChI=1S/C9H16O4/c1-3-7(4-5-8(10)11)6(2)9(12)13/h6-7H,3-5H2,1-2H3,(H,10,11)(H,12,13). The zero-order valence-corrected chi connectivity index (χ0v) is 7.99.